The van der Waals surface area contributed by atoms with E-state index in [1.807, 2.05) is 35.0 Å². The Morgan fingerprint density at radius 3 is 3.21 bits per heavy atom. The second-order valence-electron chi connectivity index (χ2n) is 2.89. The Hall–Kier alpha value is -1.77. The van der Waals surface area contributed by atoms with Crippen LogP contribution >= 0.6 is 0 Å². The fraction of sp³-hybridized carbons (Fsp3) is 0.182. The third-order valence-electron chi connectivity index (χ3n) is 1.86. The fourth-order valence-corrected chi connectivity index (χ4v) is 1.15. The van der Waals surface area contributed by atoms with Crippen molar-refractivity contribution in [3.05, 3.63) is 49.1 Å². The number of hydrogen-bond donors (Lipinski definition) is 0. The summed E-state index contributed by atoms with van der Waals surface area (Å²) in [7, 11) is 0. The van der Waals surface area contributed by atoms with Gasteiger partial charge in [0, 0.05) is 12.4 Å². The first-order chi connectivity index (χ1) is 6.95. The molecule has 71 valence electrons. The van der Waals surface area contributed by atoms with Gasteiger partial charge in [-0.3, -0.25) is 0 Å². The first-order valence-electron chi connectivity index (χ1n) is 4.50. The van der Waals surface area contributed by atoms with Gasteiger partial charge in [0.1, 0.15) is 12.4 Å². The second kappa shape index (κ2) is 4.46. The normalized spacial score (nSPS) is 10.0. The van der Waals surface area contributed by atoms with Gasteiger partial charge in [0.15, 0.2) is 0 Å². The van der Waals surface area contributed by atoms with Crippen LogP contribution in [0.2, 0.25) is 0 Å². The van der Waals surface area contributed by atoms with E-state index >= 15 is 0 Å². The number of benzene rings is 1. The lowest BCUT2D eigenvalue weighted by Gasteiger charge is -2.05. The molecule has 0 aliphatic heterocycles. The number of ether oxygens (including phenoxy) is 1. The Kier molecular flexibility index (Phi) is 2.81. The van der Waals surface area contributed by atoms with Crippen LogP contribution in [0.25, 0.3) is 0 Å². The Morgan fingerprint density at radius 1 is 1.50 bits per heavy atom. The van der Waals surface area contributed by atoms with E-state index < -0.39 is 0 Å². The average molecular weight is 187 g/mol. The van der Waals surface area contributed by atoms with Crippen LogP contribution in [0.4, 0.5) is 0 Å². The zero-order valence-electron chi connectivity index (χ0n) is 7.76. The summed E-state index contributed by atoms with van der Waals surface area (Å²) >= 11 is 0. The van der Waals surface area contributed by atoms with E-state index in [1.54, 1.807) is 12.5 Å². The van der Waals surface area contributed by atoms with Gasteiger partial charge in [-0.25, -0.2) is 4.98 Å². The molecule has 1 aromatic heterocycles. The molecule has 0 spiro atoms. The maximum Gasteiger partial charge on any atom is 0.120 e. The predicted octanol–water partition coefficient (Wildman–Crippen LogP) is 1.76. The quantitative estimate of drug-likeness (QED) is 0.729. The van der Waals surface area contributed by atoms with Gasteiger partial charge in [0.2, 0.25) is 0 Å². The first kappa shape index (κ1) is 8.81. The van der Waals surface area contributed by atoms with Gasteiger partial charge in [-0.2, -0.15) is 0 Å². The highest BCUT2D eigenvalue weighted by Gasteiger charge is 1.92. The maximum absolute atomic E-state index is 5.50. The zero-order chi connectivity index (χ0) is 9.64. The van der Waals surface area contributed by atoms with Gasteiger partial charge >= 0.3 is 0 Å². The molecule has 0 aliphatic rings. The number of imidazole rings is 1. The van der Waals surface area contributed by atoms with Gasteiger partial charge in [0.25, 0.3) is 0 Å². The van der Waals surface area contributed by atoms with Crippen molar-refractivity contribution in [2.75, 3.05) is 6.61 Å². The van der Waals surface area contributed by atoms with Crippen LogP contribution in [0, 0.1) is 6.07 Å². The standard InChI is InChI=1S/C11H11N2O/c1-2-4-11(5-3-1)14-9-8-13-7-6-12-10-13/h1-2,4-7,10H,8-9H2. The summed E-state index contributed by atoms with van der Waals surface area (Å²) in [6.07, 6.45) is 5.46. The molecule has 14 heavy (non-hydrogen) atoms. The van der Waals surface area contributed by atoms with Crippen LogP contribution < -0.4 is 4.74 Å². The minimum absolute atomic E-state index is 0.647. The summed E-state index contributed by atoms with van der Waals surface area (Å²) in [5.74, 6) is 0.854. The molecule has 0 bridgehead atoms. The van der Waals surface area contributed by atoms with Crippen molar-refractivity contribution in [1.82, 2.24) is 9.55 Å². The minimum atomic E-state index is 0.647. The van der Waals surface area contributed by atoms with Crippen LogP contribution in [0.15, 0.2) is 43.0 Å². The van der Waals surface area contributed by atoms with Crippen LogP contribution in [0.1, 0.15) is 0 Å². The Balaban J connectivity index is 1.79. The van der Waals surface area contributed by atoms with Crippen molar-refractivity contribution in [2.45, 2.75) is 6.54 Å². The molecule has 3 heteroatoms. The number of aromatic nitrogens is 2. The summed E-state index contributed by atoms with van der Waals surface area (Å²) in [5, 5.41) is 0. The summed E-state index contributed by atoms with van der Waals surface area (Å²) in [6, 6.07) is 10.5. The Bertz CT molecular complexity index is 356. The van der Waals surface area contributed by atoms with Crippen molar-refractivity contribution >= 4 is 0 Å². The van der Waals surface area contributed by atoms with Crippen molar-refractivity contribution in [3.63, 3.8) is 0 Å². The summed E-state index contributed by atoms with van der Waals surface area (Å²) < 4.78 is 7.48. The van der Waals surface area contributed by atoms with E-state index in [0.717, 1.165) is 12.3 Å². The second-order valence-corrected chi connectivity index (χ2v) is 2.89. The Labute approximate surface area is 83.0 Å². The van der Waals surface area contributed by atoms with Gasteiger partial charge < -0.3 is 9.30 Å². The topological polar surface area (TPSA) is 27.1 Å². The molecule has 0 N–H and O–H groups in total. The van der Waals surface area contributed by atoms with E-state index in [9.17, 15) is 0 Å². The van der Waals surface area contributed by atoms with Crippen molar-refractivity contribution in [1.29, 1.82) is 0 Å². The molecule has 2 rings (SSSR count). The highest BCUT2D eigenvalue weighted by atomic mass is 16.5. The summed E-state index contributed by atoms with van der Waals surface area (Å²) in [5.41, 5.74) is 0. The predicted molar refractivity (Wildman–Crippen MR) is 53.0 cm³/mol. The maximum atomic E-state index is 5.50. The van der Waals surface area contributed by atoms with E-state index in [2.05, 4.69) is 11.1 Å². The highest BCUT2D eigenvalue weighted by Crippen LogP contribution is 2.07. The molecule has 0 atom stereocenters. The van der Waals surface area contributed by atoms with E-state index in [4.69, 9.17) is 4.74 Å². The molecule has 0 aliphatic carbocycles. The lowest BCUT2D eigenvalue weighted by atomic mass is 10.3. The van der Waals surface area contributed by atoms with Crippen molar-refractivity contribution in [2.24, 2.45) is 0 Å². The van der Waals surface area contributed by atoms with Gasteiger partial charge in [-0.15, -0.1) is 0 Å². The van der Waals surface area contributed by atoms with E-state index in [0.29, 0.717) is 6.61 Å². The molecule has 1 radical (unpaired) electrons. The summed E-state index contributed by atoms with van der Waals surface area (Å²) in [4.78, 5) is 3.95. The van der Waals surface area contributed by atoms with E-state index in [-0.39, 0.29) is 0 Å². The zero-order valence-corrected chi connectivity index (χ0v) is 7.76. The molecule has 0 unspecified atom stereocenters. The SMILES string of the molecule is [c]1cccc(OCCn2ccnc2)c1. The number of nitrogens with zero attached hydrogens (tertiary/aromatic N) is 2. The number of rotatable bonds is 4. The number of hydrogen-bond acceptors (Lipinski definition) is 2. The Morgan fingerprint density at radius 2 is 2.50 bits per heavy atom. The van der Waals surface area contributed by atoms with Crippen LogP contribution in [-0.4, -0.2) is 16.2 Å². The molecule has 1 heterocycles. The molecule has 0 amide bonds. The minimum Gasteiger partial charge on any atom is -0.492 e. The molecule has 2 aromatic rings. The first-order valence-corrected chi connectivity index (χ1v) is 4.50. The van der Waals surface area contributed by atoms with Gasteiger partial charge in [-0.05, 0) is 18.2 Å². The largest absolute Gasteiger partial charge is 0.492 e. The monoisotopic (exact) mass is 187 g/mol. The molecular weight excluding hydrogens is 176 g/mol. The fourth-order valence-electron chi connectivity index (χ4n) is 1.15. The van der Waals surface area contributed by atoms with Crippen molar-refractivity contribution in [3.8, 4) is 5.75 Å². The lowest BCUT2D eigenvalue weighted by molar-refractivity contribution is 0.298. The highest BCUT2D eigenvalue weighted by molar-refractivity contribution is 5.19. The van der Waals surface area contributed by atoms with Gasteiger partial charge in [0.05, 0.1) is 12.9 Å². The van der Waals surface area contributed by atoms with Crippen LogP contribution in [0.3, 0.4) is 0 Å². The van der Waals surface area contributed by atoms with Gasteiger partial charge in [-0.1, -0.05) is 12.1 Å². The third-order valence-corrected chi connectivity index (χ3v) is 1.86. The molecule has 0 fully saturated rings. The molecule has 0 saturated heterocycles. The molecule has 0 saturated carbocycles. The van der Waals surface area contributed by atoms with Crippen LogP contribution in [-0.2, 0) is 6.54 Å². The molecule has 3 nitrogen and oxygen atoms in total. The third kappa shape index (κ3) is 2.36. The lowest BCUT2D eigenvalue weighted by Crippen LogP contribution is -2.06. The van der Waals surface area contributed by atoms with Crippen LogP contribution in [0.5, 0.6) is 5.75 Å². The average Bonchev–Trinajstić information content (AvgIpc) is 2.72. The van der Waals surface area contributed by atoms with E-state index in [1.165, 1.54) is 0 Å². The smallest absolute Gasteiger partial charge is 0.120 e. The molecular formula is C11H11N2O. The molecule has 1 aromatic carbocycles. The summed E-state index contributed by atoms with van der Waals surface area (Å²) in [6.45, 7) is 1.46. The van der Waals surface area contributed by atoms with Crippen molar-refractivity contribution < 1.29 is 4.74 Å².